The van der Waals surface area contributed by atoms with Crippen molar-refractivity contribution in [2.45, 2.75) is 63.1 Å². The summed E-state index contributed by atoms with van der Waals surface area (Å²) < 4.78 is 42.3. The molecular formula is C30H33ClFN3O4S. The molecule has 0 aromatic heterocycles. The van der Waals surface area contributed by atoms with Gasteiger partial charge in [-0.25, -0.2) is 12.8 Å². The molecule has 0 bridgehead atoms. The van der Waals surface area contributed by atoms with Crippen LogP contribution in [0.25, 0.3) is 0 Å². The monoisotopic (exact) mass is 585 g/mol. The van der Waals surface area contributed by atoms with E-state index in [4.69, 9.17) is 11.6 Å². The number of aryl methyl sites for hydroxylation is 1. The molecule has 1 aliphatic carbocycles. The maximum Gasteiger partial charge on any atom is 0.264 e. The van der Waals surface area contributed by atoms with Gasteiger partial charge in [-0.05, 0) is 74.7 Å². The van der Waals surface area contributed by atoms with Gasteiger partial charge in [0.15, 0.2) is 0 Å². The van der Waals surface area contributed by atoms with Gasteiger partial charge in [0.25, 0.3) is 10.0 Å². The zero-order valence-electron chi connectivity index (χ0n) is 22.5. The first-order valence-corrected chi connectivity index (χ1v) is 15.1. The van der Waals surface area contributed by atoms with E-state index in [1.165, 1.54) is 29.2 Å². The predicted octanol–water partition coefficient (Wildman–Crippen LogP) is 5.46. The molecular weight excluding hydrogens is 553 g/mol. The van der Waals surface area contributed by atoms with Crippen molar-refractivity contribution < 1.29 is 22.4 Å². The summed E-state index contributed by atoms with van der Waals surface area (Å²) in [6.45, 7) is 2.85. The van der Waals surface area contributed by atoms with Crippen LogP contribution < -0.4 is 9.62 Å². The molecule has 10 heteroatoms. The SMILES string of the molecule is Cc1ccc(S(=O)(=O)N(CC(=O)N(Cc2ccccc2Cl)[C@H](C)C(=O)NC2CCCC2)c2ccc(F)cc2)cc1. The van der Waals surface area contributed by atoms with Crippen molar-refractivity contribution in [1.29, 1.82) is 0 Å². The number of benzene rings is 3. The van der Waals surface area contributed by atoms with Gasteiger partial charge in [-0.15, -0.1) is 0 Å². The average molecular weight is 586 g/mol. The second kappa shape index (κ2) is 12.8. The molecule has 1 aliphatic rings. The second-order valence-electron chi connectivity index (χ2n) is 10.1. The van der Waals surface area contributed by atoms with E-state index in [0.717, 1.165) is 47.7 Å². The normalized spacial score (nSPS) is 14.5. The Balaban J connectivity index is 1.69. The summed E-state index contributed by atoms with van der Waals surface area (Å²) in [4.78, 5) is 28.5. The number of hydrogen-bond donors (Lipinski definition) is 1. The highest BCUT2D eigenvalue weighted by Crippen LogP contribution is 2.26. The average Bonchev–Trinajstić information content (AvgIpc) is 3.44. The van der Waals surface area contributed by atoms with Crippen LogP contribution >= 0.6 is 11.6 Å². The van der Waals surface area contributed by atoms with E-state index in [9.17, 15) is 22.4 Å². The molecule has 1 N–H and O–H groups in total. The molecule has 0 unspecified atom stereocenters. The van der Waals surface area contributed by atoms with Crippen molar-refractivity contribution in [1.82, 2.24) is 10.2 Å². The summed E-state index contributed by atoms with van der Waals surface area (Å²) in [6.07, 6.45) is 3.82. The molecule has 3 aromatic rings. The summed E-state index contributed by atoms with van der Waals surface area (Å²) in [7, 11) is -4.22. The molecule has 0 heterocycles. The summed E-state index contributed by atoms with van der Waals surface area (Å²) >= 11 is 6.40. The third-order valence-electron chi connectivity index (χ3n) is 7.17. The Morgan fingerprint density at radius 2 is 1.62 bits per heavy atom. The Bertz CT molecular complexity index is 1440. The number of carbonyl (C=O) groups is 2. The Morgan fingerprint density at radius 1 is 1.00 bits per heavy atom. The Hall–Kier alpha value is -3.43. The van der Waals surface area contributed by atoms with Crippen LogP contribution in [0.3, 0.4) is 0 Å². The van der Waals surface area contributed by atoms with E-state index in [1.54, 1.807) is 43.3 Å². The lowest BCUT2D eigenvalue weighted by Crippen LogP contribution is -2.52. The fraction of sp³-hybridized carbons (Fsp3) is 0.333. The molecule has 1 atom stereocenters. The van der Waals surface area contributed by atoms with Crippen LogP contribution in [-0.2, 0) is 26.2 Å². The van der Waals surface area contributed by atoms with Gasteiger partial charge in [-0.1, -0.05) is 60.3 Å². The smallest absolute Gasteiger partial charge is 0.264 e. The van der Waals surface area contributed by atoms with Crippen LogP contribution in [-0.4, -0.2) is 43.8 Å². The third-order valence-corrected chi connectivity index (χ3v) is 9.33. The van der Waals surface area contributed by atoms with Crippen molar-refractivity contribution in [3.8, 4) is 0 Å². The lowest BCUT2D eigenvalue weighted by atomic mass is 10.1. The fourth-order valence-electron chi connectivity index (χ4n) is 4.76. The Labute approximate surface area is 240 Å². The van der Waals surface area contributed by atoms with E-state index < -0.39 is 34.3 Å². The van der Waals surface area contributed by atoms with E-state index >= 15 is 0 Å². The van der Waals surface area contributed by atoms with Crippen molar-refractivity contribution in [3.05, 3.63) is 94.8 Å². The van der Waals surface area contributed by atoms with Gasteiger partial charge in [-0.3, -0.25) is 13.9 Å². The van der Waals surface area contributed by atoms with Crippen LogP contribution in [0.5, 0.6) is 0 Å². The Kier molecular flexibility index (Phi) is 9.48. The van der Waals surface area contributed by atoms with Crippen molar-refractivity contribution in [2.24, 2.45) is 0 Å². The van der Waals surface area contributed by atoms with Crippen LogP contribution in [0.1, 0.15) is 43.7 Å². The first-order valence-electron chi connectivity index (χ1n) is 13.2. The second-order valence-corrected chi connectivity index (χ2v) is 12.3. The molecule has 0 radical (unpaired) electrons. The topological polar surface area (TPSA) is 86.8 Å². The third kappa shape index (κ3) is 7.01. The molecule has 1 fully saturated rings. The van der Waals surface area contributed by atoms with Crippen LogP contribution in [0.4, 0.5) is 10.1 Å². The molecule has 212 valence electrons. The van der Waals surface area contributed by atoms with Gasteiger partial charge in [0, 0.05) is 17.6 Å². The number of anilines is 1. The first kappa shape index (κ1) is 29.6. The maximum atomic E-state index is 13.9. The largest absolute Gasteiger partial charge is 0.352 e. The zero-order valence-corrected chi connectivity index (χ0v) is 24.1. The highest BCUT2D eigenvalue weighted by Gasteiger charge is 2.33. The number of hydrogen-bond acceptors (Lipinski definition) is 4. The van der Waals surface area contributed by atoms with Crippen LogP contribution in [0.2, 0.25) is 5.02 Å². The molecule has 0 aliphatic heterocycles. The van der Waals surface area contributed by atoms with Crippen molar-refractivity contribution in [3.63, 3.8) is 0 Å². The minimum absolute atomic E-state index is 0.000400. The van der Waals surface area contributed by atoms with Crippen LogP contribution in [0.15, 0.2) is 77.7 Å². The summed E-state index contributed by atoms with van der Waals surface area (Å²) in [5, 5.41) is 3.45. The van der Waals surface area contributed by atoms with Gasteiger partial charge in [0.1, 0.15) is 18.4 Å². The number of carbonyl (C=O) groups excluding carboxylic acids is 2. The van der Waals surface area contributed by atoms with Crippen LogP contribution in [0, 0.1) is 12.7 Å². The van der Waals surface area contributed by atoms with Crippen molar-refractivity contribution >= 4 is 39.1 Å². The molecule has 3 aromatic carbocycles. The summed E-state index contributed by atoms with van der Waals surface area (Å²) in [5.74, 6) is -1.46. The van der Waals surface area contributed by atoms with E-state index in [2.05, 4.69) is 5.32 Å². The van der Waals surface area contributed by atoms with E-state index in [0.29, 0.717) is 10.6 Å². The summed E-state index contributed by atoms with van der Waals surface area (Å²) in [5.41, 5.74) is 1.61. The quantitative estimate of drug-likeness (QED) is 0.342. The molecule has 0 spiro atoms. The number of sulfonamides is 1. The number of nitrogens with zero attached hydrogens (tertiary/aromatic N) is 2. The standard InChI is InChI=1S/C30H33ClFN3O4S/c1-21-11-17-27(18-12-21)40(38,39)35(26-15-13-24(32)14-16-26)20-29(36)34(19-23-7-3-6-10-28(23)31)22(2)30(37)33-25-8-4-5-9-25/h3,6-7,10-18,22,25H,4-5,8-9,19-20H2,1-2H3,(H,33,37)/t22-/m1/s1. The van der Waals surface area contributed by atoms with Gasteiger partial charge >= 0.3 is 0 Å². The molecule has 40 heavy (non-hydrogen) atoms. The molecule has 1 saturated carbocycles. The molecule has 2 amide bonds. The minimum Gasteiger partial charge on any atom is -0.352 e. The number of nitrogens with one attached hydrogen (secondary N) is 1. The molecule has 7 nitrogen and oxygen atoms in total. The van der Waals surface area contributed by atoms with Gasteiger partial charge < -0.3 is 10.2 Å². The number of halogens is 2. The zero-order chi connectivity index (χ0) is 28.9. The van der Waals surface area contributed by atoms with Gasteiger partial charge in [-0.2, -0.15) is 0 Å². The lowest BCUT2D eigenvalue weighted by Gasteiger charge is -2.32. The number of amides is 2. The minimum atomic E-state index is -4.22. The highest BCUT2D eigenvalue weighted by atomic mass is 35.5. The molecule has 0 saturated heterocycles. The molecule has 4 rings (SSSR count). The van der Waals surface area contributed by atoms with E-state index in [-0.39, 0.29) is 29.1 Å². The van der Waals surface area contributed by atoms with E-state index in [1.807, 2.05) is 6.92 Å². The first-order chi connectivity index (χ1) is 19.1. The fourth-order valence-corrected chi connectivity index (χ4v) is 6.37. The number of rotatable bonds is 10. The predicted molar refractivity (Wildman–Crippen MR) is 154 cm³/mol. The lowest BCUT2D eigenvalue weighted by molar-refractivity contribution is -0.139. The maximum absolute atomic E-state index is 13.9. The van der Waals surface area contributed by atoms with Crippen molar-refractivity contribution in [2.75, 3.05) is 10.8 Å². The Morgan fingerprint density at radius 3 is 2.25 bits per heavy atom. The van der Waals surface area contributed by atoms with Gasteiger partial charge in [0.2, 0.25) is 11.8 Å². The van der Waals surface area contributed by atoms with Gasteiger partial charge in [0.05, 0.1) is 10.6 Å². The summed E-state index contributed by atoms with van der Waals surface area (Å²) in [6, 6.07) is 17.3. The highest BCUT2D eigenvalue weighted by molar-refractivity contribution is 7.92.